The molecule has 1 aliphatic heterocycles. The van der Waals surface area contributed by atoms with Crippen molar-refractivity contribution in [2.75, 3.05) is 11.9 Å². The molecule has 1 heterocycles. The number of para-hydroxylation sites is 1. The summed E-state index contributed by atoms with van der Waals surface area (Å²) >= 11 is 0. The molecule has 2 amide bonds. The van der Waals surface area contributed by atoms with Gasteiger partial charge in [0.1, 0.15) is 0 Å². The van der Waals surface area contributed by atoms with Crippen LogP contribution in [0, 0.1) is 17.8 Å². The maximum absolute atomic E-state index is 12.4. The van der Waals surface area contributed by atoms with Gasteiger partial charge in [0.15, 0.2) is 0 Å². The van der Waals surface area contributed by atoms with Crippen molar-refractivity contribution < 1.29 is 9.59 Å². The van der Waals surface area contributed by atoms with E-state index in [1.165, 1.54) is 12.8 Å². The first-order chi connectivity index (χ1) is 11.1. The average Bonchev–Trinajstić information content (AvgIpc) is 2.93. The van der Waals surface area contributed by atoms with Crippen molar-refractivity contribution in [3.05, 3.63) is 30.3 Å². The van der Waals surface area contributed by atoms with Crippen molar-refractivity contribution in [2.45, 2.75) is 45.6 Å². The van der Waals surface area contributed by atoms with Crippen LogP contribution in [0.4, 0.5) is 5.69 Å². The van der Waals surface area contributed by atoms with E-state index in [4.69, 9.17) is 0 Å². The lowest BCUT2D eigenvalue weighted by molar-refractivity contribution is -0.131. The van der Waals surface area contributed by atoms with Gasteiger partial charge in [-0.25, -0.2) is 0 Å². The summed E-state index contributed by atoms with van der Waals surface area (Å²) in [5.41, 5.74) is 0.794. The van der Waals surface area contributed by atoms with E-state index >= 15 is 0 Å². The monoisotopic (exact) mass is 314 g/mol. The van der Waals surface area contributed by atoms with Gasteiger partial charge in [0.2, 0.25) is 11.8 Å². The fourth-order valence-electron chi connectivity index (χ4n) is 3.99. The van der Waals surface area contributed by atoms with Crippen LogP contribution in [0.15, 0.2) is 30.3 Å². The van der Waals surface area contributed by atoms with Gasteiger partial charge in [-0.1, -0.05) is 44.9 Å². The van der Waals surface area contributed by atoms with Crippen LogP contribution >= 0.6 is 0 Å². The first-order valence-corrected chi connectivity index (χ1v) is 8.71. The number of nitrogens with zero attached hydrogens (tertiary/aromatic N) is 1. The van der Waals surface area contributed by atoms with E-state index in [2.05, 4.69) is 19.2 Å². The molecule has 1 saturated heterocycles. The number of nitrogens with one attached hydrogen (secondary N) is 1. The smallest absolute Gasteiger partial charge is 0.229 e. The molecule has 124 valence electrons. The van der Waals surface area contributed by atoms with Gasteiger partial charge in [-0.15, -0.1) is 0 Å². The third-order valence-corrected chi connectivity index (χ3v) is 5.63. The first-order valence-electron chi connectivity index (χ1n) is 8.71. The Labute approximate surface area is 138 Å². The molecule has 4 heteroatoms. The van der Waals surface area contributed by atoms with E-state index in [0.29, 0.717) is 30.8 Å². The highest BCUT2D eigenvalue weighted by atomic mass is 16.2. The van der Waals surface area contributed by atoms with Gasteiger partial charge in [-0.3, -0.25) is 9.59 Å². The molecule has 1 aromatic rings. The number of likely N-dealkylation sites (tertiary alicyclic amines) is 1. The summed E-state index contributed by atoms with van der Waals surface area (Å²) < 4.78 is 0. The fourth-order valence-corrected chi connectivity index (χ4v) is 3.99. The Kier molecular flexibility index (Phi) is 4.69. The standard InChI is InChI=1S/C19H26N2O2/c1-13-7-6-10-17(14(13)2)21-12-15(11-18(21)22)19(23)20-16-8-4-3-5-9-16/h3-5,8-9,13-15,17H,6-7,10-12H2,1-2H3,(H,20,23)/t13-,14-,15-,17+/m1/s1. The second-order valence-electron chi connectivity index (χ2n) is 7.14. The predicted molar refractivity (Wildman–Crippen MR) is 90.9 cm³/mol. The highest BCUT2D eigenvalue weighted by Crippen LogP contribution is 2.35. The van der Waals surface area contributed by atoms with Crippen molar-refractivity contribution in [1.82, 2.24) is 4.90 Å². The summed E-state index contributed by atoms with van der Waals surface area (Å²) in [6.45, 7) is 5.09. The minimum absolute atomic E-state index is 0.0384. The largest absolute Gasteiger partial charge is 0.339 e. The van der Waals surface area contributed by atoms with Gasteiger partial charge in [0.25, 0.3) is 0 Å². The van der Waals surface area contributed by atoms with Crippen molar-refractivity contribution in [2.24, 2.45) is 17.8 Å². The Balaban J connectivity index is 1.64. The molecule has 3 rings (SSSR count). The van der Waals surface area contributed by atoms with Crippen LogP contribution in [0.1, 0.15) is 39.5 Å². The predicted octanol–water partition coefficient (Wildman–Crippen LogP) is 3.30. The van der Waals surface area contributed by atoms with Crippen LogP contribution in [0.5, 0.6) is 0 Å². The third-order valence-electron chi connectivity index (χ3n) is 5.63. The molecular weight excluding hydrogens is 288 g/mol. The highest BCUT2D eigenvalue weighted by Gasteiger charge is 2.41. The van der Waals surface area contributed by atoms with Crippen LogP contribution in [0.3, 0.4) is 0 Å². The first kappa shape index (κ1) is 16.0. The van der Waals surface area contributed by atoms with Crippen molar-refractivity contribution in [3.63, 3.8) is 0 Å². The van der Waals surface area contributed by atoms with E-state index in [0.717, 1.165) is 12.1 Å². The molecule has 1 saturated carbocycles. The fraction of sp³-hybridized carbons (Fsp3) is 0.579. The van der Waals surface area contributed by atoms with E-state index < -0.39 is 0 Å². The second kappa shape index (κ2) is 6.73. The molecule has 0 bridgehead atoms. The number of hydrogen-bond acceptors (Lipinski definition) is 2. The summed E-state index contributed by atoms with van der Waals surface area (Å²) in [5.74, 6) is 1.04. The molecule has 2 aliphatic rings. The van der Waals surface area contributed by atoms with Crippen LogP contribution in [-0.4, -0.2) is 29.3 Å². The Bertz CT molecular complexity index is 572. The number of carbonyl (C=O) groups excluding carboxylic acids is 2. The summed E-state index contributed by atoms with van der Waals surface area (Å²) in [7, 11) is 0. The zero-order chi connectivity index (χ0) is 16.4. The Morgan fingerprint density at radius 2 is 1.91 bits per heavy atom. The number of benzene rings is 1. The maximum atomic E-state index is 12.4. The summed E-state index contributed by atoms with van der Waals surface area (Å²) in [5, 5.41) is 2.93. The number of hydrogen-bond donors (Lipinski definition) is 1. The van der Waals surface area contributed by atoms with Crippen molar-refractivity contribution in [3.8, 4) is 0 Å². The highest BCUT2D eigenvalue weighted by molar-refractivity contribution is 5.97. The lowest BCUT2D eigenvalue weighted by atomic mass is 9.77. The SMILES string of the molecule is C[C@@H]1[C@H](C)CCC[C@@H]1N1C[C@H](C(=O)Nc2ccccc2)CC1=O. The molecule has 23 heavy (non-hydrogen) atoms. The van der Waals surface area contributed by atoms with Crippen LogP contribution in [-0.2, 0) is 9.59 Å². The van der Waals surface area contributed by atoms with E-state index in [9.17, 15) is 9.59 Å². The number of amides is 2. The molecule has 0 unspecified atom stereocenters. The van der Waals surface area contributed by atoms with E-state index in [1.54, 1.807) is 0 Å². The van der Waals surface area contributed by atoms with Gasteiger partial charge >= 0.3 is 0 Å². The Morgan fingerprint density at radius 1 is 1.17 bits per heavy atom. The minimum Gasteiger partial charge on any atom is -0.339 e. The molecule has 4 atom stereocenters. The quantitative estimate of drug-likeness (QED) is 0.930. The summed E-state index contributed by atoms with van der Waals surface area (Å²) in [6, 6.07) is 9.76. The average molecular weight is 314 g/mol. The zero-order valence-corrected chi connectivity index (χ0v) is 14.0. The molecular formula is C19H26N2O2. The number of carbonyl (C=O) groups is 2. The van der Waals surface area contributed by atoms with Gasteiger partial charge in [0, 0.05) is 24.7 Å². The lowest BCUT2D eigenvalue weighted by Crippen LogP contribution is -2.45. The number of rotatable bonds is 3. The Hall–Kier alpha value is -1.84. The minimum atomic E-state index is -0.230. The molecule has 1 aliphatic carbocycles. The molecule has 1 aromatic carbocycles. The third kappa shape index (κ3) is 3.41. The van der Waals surface area contributed by atoms with E-state index in [1.807, 2.05) is 35.2 Å². The Morgan fingerprint density at radius 3 is 2.65 bits per heavy atom. The molecule has 1 N–H and O–H groups in total. The van der Waals surface area contributed by atoms with Gasteiger partial charge in [-0.2, -0.15) is 0 Å². The normalized spacial score (nSPS) is 31.2. The van der Waals surface area contributed by atoms with Crippen LogP contribution in [0.2, 0.25) is 0 Å². The molecule has 2 fully saturated rings. The van der Waals surface area contributed by atoms with Crippen LogP contribution < -0.4 is 5.32 Å². The maximum Gasteiger partial charge on any atom is 0.229 e. The van der Waals surface area contributed by atoms with Crippen molar-refractivity contribution >= 4 is 17.5 Å². The molecule has 0 radical (unpaired) electrons. The summed E-state index contributed by atoms with van der Waals surface area (Å²) in [6.07, 6.45) is 3.85. The van der Waals surface area contributed by atoms with Crippen LogP contribution in [0.25, 0.3) is 0 Å². The van der Waals surface area contributed by atoms with E-state index in [-0.39, 0.29) is 17.7 Å². The summed E-state index contributed by atoms with van der Waals surface area (Å²) in [4.78, 5) is 26.9. The molecule has 0 aromatic heterocycles. The van der Waals surface area contributed by atoms with Gasteiger partial charge in [-0.05, 0) is 30.4 Å². The van der Waals surface area contributed by atoms with Gasteiger partial charge in [0.05, 0.1) is 5.92 Å². The van der Waals surface area contributed by atoms with Crippen molar-refractivity contribution in [1.29, 1.82) is 0 Å². The van der Waals surface area contributed by atoms with Gasteiger partial charge < -0.3 is 10.2 Å². The second-order valence-corrected chi connectivity index (χ2v) is 7.14. The topological polar surface area (TPSA) is 49.4 Å². The molecule has 0 spiro atoms. The number of anilines is 1. The zero-order valence-electron chi connectivity index (χ0n) is 14.0. The lowest BCUT2D eigenvalue weighted by Gasteiger charge is -2.40. The molecule has 4 nitrogen and oxygen atoms in total.